The van der Waals surface area contributed by atoms with E-state index in [0.29, 0.717) is 33.3 Å². The van der Waals surface area contributed by atoms with Crippen molar-refractivity contribution in [2.24, 2.45) is 7.05 Å². The van der Waals surface area contributed by atoms with Crippen LogP contribution in [0.3, 0.4) is 0 Å². The van der Waals surface area contributed by atoms with E-state index in [0.717, 1.165) is 31.9 Å². The van der Waals surface area contributed by atoms with Crippen LogP contribution in [0.1, 0.15) is 0 Å². The van der Waals surface area contributed by atoms with Gasteiger partial charge in [0.25, 0.3) is 0 Å². The Balaban J connectivity index is 1.51. The first-order valence-electron chi connectivity index (χ1n) is 9.12. The quantitative estimate of drug-likeness (QED) is 0.507. The maximum absolute atomic E-state index is 14.9. The van der Waals surface area contributed by atoms with Gasteiger partial charge in [0.15, 0.2) is 11.6 Å². The zero-order chi connectivity index (χ0) is 19.3. The van der Waals surface area contributed by atoms with Crippen molar-refractivity contribution in [2.45, 2.75) is 0 Å². The standard InChI is InChI=1S/C19H19F2N7/c1-27-10-11-6-12(7-15(21)18(11)26-27)23-19-17-14(20)8-13(9-16(17)24-25-19)28-4-2-22-3-5-28/h6-10,22H,2-5H2,1H3,(H2,23,24,25). The second-order valence-corrected chi connectivity index (χ2v) is 6.98. The Morgan fingerprint density at radius 3 is 2.71 bits per heavy atom. The smallest absolute Gasteiger partial charge is 0.163 e. The van der Waals surface area contributed by atoms with Crippen molar-refractivity contribution in [1.82, 2.24) is 25.3 Å². The molecule has 28 heavy (non-hydrogen) atoms. The van der Waals surface area contributed by atoms with Gasteiger partial charge in [-0.05, 0) is 24.3 Å². The fourth-order valence-electron chi connectivity index (χ4n) is 3.71. The van der Waals surface area contributed by atoms with E-state index in [1.54, 1.807) is 24.0 Å². The van der Waals surface area contributed by atoms with Crippen LogP contribution in [0.15, 0.2) is 30.5 Å². The van der Waals surface area contributed by atoms with Gasteiger partial charge in [0.1, 0.15) is 11.3 Å². The van der Waals surface area contributed by atoms with Gasteiger partial charge in [-0.15, -0.1) is 0 Å². The number of nitrogens with zero attached hydrogens (tertiary/aromatic N) is 4. The molecule has 5 rings (SSSR count). The van der Waals surface area contributed by atoms with Crippen LogP contribution in [0.2, 0.25) is 0 Å². The fourth-order valence-corrected chi connectivity index (χ4v) is 3.71. The van der Waals surface area contributed by atoms with E-state index < -0.39 is 5.82 Å². The van der Waals surface area contributed by atoms with Crippen LogP contribution in [0.5, 0.6) is 0 Å². The molecule has 0 radical (unpaired) electrons. The third-order valence-corrected chi connectivity index (χ3v) is 5.02. The first kappa shape index (κ1) is 16.9. The van der Waals surface area contributed by atoms with Gasteiger partial charge >= 0.3 is 0 Å². The van der Waals surface area contributed by atoms with Gasteiger partial charge in [-0.3, -0.25) is 9.78 Å². The molecule has 4 aromatic rings. The molecule has 1 saturated heterocycles. The molecule has 0 unspecified atom stereocenters. The lowest BCUT2D eigenvalue weighted by Crippen LogP contribution is -2.43. The number of H-pyrrole nitrogens is 1. The van der Waals surface area contributed by atoms with Crippen LogP contribution in [0.4, 0.5) is 26.0 Å². The van der Waals surface area contributed by atoms with Crippen LogP contribution in [0, 0.1) is 11.6 Å². The normalized spacial score (nSPS) is 14.9. The highest BCUT2D eigenvalue weighted by Gasteiger charge is 2.17. The van der Waals surface area contributed by atoms with Crippen molar-refractivity contribution in [1.29, 1.82) is 0 Å². The second kappa shape index (κ2) is 6.45. The van der Waals surface area contributed by atoms with E-state index >= 15 is 0 Å². The highest BCUT2D eigenvalue weighted by Crippen LogP contribution is 2.32. The summed E-state index contributed by atoms with van der Waals surface area (Å²) >= 11 is 0. The summed E-state index contributed by atoms with van der Waals surface area (Å²) in [6, 6.07) is 6.52. The molecule has 3 heterocycles. The highest BCUT2D eigenvalue weighted by atomic mass is 19.1. The van der Waals surface area contributed by atoms with Crippen LogP contribution in [-0.2, 0) is 7.05 Å². The van der Waals surface area contributed by atoms with Crippen molar-refractivity contribution < 1.29 is 8.78 Å². The average molecular weight is 383 g/mol. The maximum atomic E-state index is 14.9. The summed E-state index contributed by atoms with van der Waals surface area (Å²) in [6.45, 7) is 3.40. The molecule has 0 amide bonds. The first-order valence-corrected chi connectivity index (χ1v) is 9.12. The molecule has 0 bridgehead atoms. The molecule has 0 spiro atoms. The topological polar surface area (TPSA) is 73.8 Å². The Morgan fingerprint density at radius 1 is 1.07 bits per heavy atom. The predicted octanol–water partition coefficient (Wildman–Crippen LogP) is 2.88. The van der Waals surface area contributed by atoms with Gasteiger partial charge < -0.3 is 15.5 Å². The van der Waals surface area contributed by atoms with Gasteiger partial charge in [-0.25, -0.2) is 8.78 Å². The number of fused-ring (bicyclic) bond motifs is 2. The summed E-state index contributed by atoms with van der Waals surface area (Å²) in [5.41, 5.74) is 2.20. The number of aryl methyl sites for hydroxylation is 1. The van der Waals surface area contributed by atoms with Gasteiger partial charge in [-0.2, -0.15) is 10.2 Å². The summed E-state index contributed by atoms with van der Waals surface area (Å²) in [5.74, 6) is -0.492. The SMILES string of the molecule is Cn1cc2cc(Nc3n[nH]c4cc(N5CCNCC5)cc(F)c34)cc(F)c2n1. The lowest BCUT2D eigenvalue weighted by atomic mass is 10.1. The lowest BCUT2D eigenvalue weighted by molar-refractivity contribution is 0.586. The second-order valence-electron chi connectivity index (χ2n) is 6.98. The van der Waals surface area contributed by atoms with E-state index in [9.17, 15) is 8.78 Å². The minimum atomic E-state index is -0.443. The summed E-state index contributed by atoms with van der Waals surface area (Å²) in [5, 5.41) is 18.5. The molecule has 0 saturated carbocycles. The third kappa shape index (κ3) is 2.84. The number of aromatic amines is 1. The average Bonchev–Trinajstić information content (AvgIpc) is 3.26. The molecule has 3 N–H and O–H groups in total. The van der Waals surface area contributed by atoms with E-state index in [4.69, 9.17) is 0 Å². The van der Waals surface area contributed by atoms with E-state index in [2.05, 4.69) is 30.8 Å². The summed E-state index contributed by atoms with van der Waals surface area (Å²) in [7, 11) is 1.74. The molecule has 1 aliphatic rings. The number of nitrogens with one attached hydrogen (secondary N) is 3. The molecular weight excluding hydrogens is 364 g/mol. The zero-order valence-electron chi connectivity index (χ0n) is 15.3. The van der Waals surface area contributed by atoms with Gasteiger partial charge in [0.2, 0.25) is 0 Å². The van der Waals surface area contributed by atoms with Crippen molar-refractivity contribution in [2.75, 3.05) is 36.4 Å². The molecule has 2 aromatic carbocycles. The van der Waals surface area contributed by atoms with Crippen LogP contribution in [-0.4, -0.2) is 46.2 Å². The minimum Gasteiger partial charge on any atom is -0.369 e. The Bertz CT molecular complexity index is 1170. The molecule has 2 aromatic heterocycles. The van der Waals surface area contributed by atoms with Crippen LogP contribution in [0.25, 0.3) is 21.8 Å². The monoisotopic (exact) mass is 383 g/mol. The number of benzene rings is 2. The van der Waals surface area contributed by atoms with E-state index in [1.165, 1.54) is 12.1 Å². The Labute approximate surface area is 159 Å². The number of rotatable bonds is 3. The number of anilines is 3. The minimum absolute atomic E-state index is 0.298. The van der Waals surface area contributed by atoms with Crippen molar-refractivity contribution in [3.8, 4) is 0 Å². The Morgan fingerprint density at radius 2 is 1.89 bits per heavy atom. The summed E-state index contributed by atoms with van der Waals surface area (Å²) < 4.78 is 30.8. The molecule has 144 valence electrons. The molecular formula is C19H19F2N7. The number of hydrogen-bond donors (Lipinski definition) is 3. The van der Waals surface area contributed by atoms with Crippen molar-refractivity contribution in [3.05, 3.63) is 42.1 Å². The molecule has 7 nitrogen and oxygen atoms in total. The van der Waals surface area contributed by atoms with Crippen LogP contribution >= 0.6 is 0 Å². The zero-order valence-corrected chi connectivity index (χ0v) is 15.3. The van der Waals surface area contributed by atoms with Crippen LogP contribution < -0.4 is 15.5 Å². The lowest BCUT2D eigenvalue weighted by Gasteiger charge is -2.29. The van der Waals surface area contributed by atoms with Crippen molar-refractivity contribution in [3.63, 3.8) is 0 Å². The van der Waals surface area contributed by atoms with Gasteiger partial charge in [0.05, 0.1) is 10.9 Å². The summed E-state index contributed by atoms with van der Waals surface area (Å²) in [4.78, 5) is 2.14. The number of piperazine rings is 1. The fraction of sp³-hybridized carbons (Fsp3) is 0.263. The highest BCUT2D eigenvalue weighted by molar-refractivity contribution is 5.95. The third-order valence-electron chi connectivity index (χ3n) is 5.02. The molecule has 1 fully saturated rings. The van der Waals surface area contributed by atoms with Gasteiger partial charge in [-0.1, -0.05) is 0 Å². The van der Waals surface area contributed by atoms with E-state index in [-0.39, 0.29) is 5.82 Å². The Hall–Kier alpha value is -3.20. The maximum Gasteiger partial charge on any atom is 0.163 e. The Kier molecular flexibility index (Phi) is 3.90. The number of hydrogen-bond acceptors (Lipinski definition) is 5. The first-order chi connectivity index (χ1) is 13.6. The van der Waals surface area contributed by atoms with Crippen molar-refractivity contribution >= 4 is 39.0 Å². The number of halogens is 2. The molecule has 0 aliphatic carbocycles. The molecule has 0 atom stereocenters. The molecule has 1 aliphatic heterocycles. The summed E-state index contributed by atoms with van der Waals surface area (Å²) in [6.07, 6.45) is 1.73. The number of aromatic nitrogens is 4. The largest absolute Gasteiger partial charge is 0.369 e. The van der Waals surface area contributed by atoms with Gasteiger partial charge in [0, 0.05) is 56.2 Å². The molecule has 9 heteroatoms. The predicted molar refractivity (Wildman–Crippen MR) is 105 cm³/mol. The van der Waals surface area contributed by atoms with E-state index in [1.807, 2.05) is 6.07 Å².